The standard InChI is InChI=1S/C42H82N4O5S/c1-30(2)18-27-45-24-10-23-43-21-8-9-22-44-25-11-26-46-34-16-19-41(6)33(28-34)29-38(47)40-36-14-13-35(42(36,7)20-17-37(40)41)32(5)12-15-39(31(3)4)51-52(48,49)50/h30-40,43-47H,8-29H2,1-7H3,(H,48,49,50)/t32-,33-,34+,35-,36?,37?,38?,39-,40?,41+,42-/m1/s1. The molecule has 4 aliphatic carbocycles. The van der Waals surface area contributed by atoms with E-state index in [9.17, 15) is 18.1 Å². The zero-order chi connectivity index (χ0) is 37.9. The number of unbranched alkanes of at least 4 members (excludes halogenated alkanes) is 1. The highest BCUT2D eigenvalue weighted by atomic mass is 32.3. The van der Waals surface area contributed by atoms with E-state index < -0.39 is 16.5 Å². The van der Waals surface area contributed by atoms with Crippen molar-refractivity contribution < 1.29 is 22.3 Å². The number of hydrogen-bond acceptors (Lipinski definition) is 8. The monoisotopic (exact) mass is 755 g/mol. The minimum atomic E-state index is -4.46. The van der Waals surface area contributed by atoms with Crippen molar-refractivity contribution in [3.05, 3.63) is 0 Å². The fourth-order valence-electron chi connectivity index (χ4n) is 11.8. The predicted molar refractivity (Wildman–Crippen MR) is 215 cm³/mol. The number of rotatable bonds is 24. The van der Waals surface area contributed by atoms with Crippen LogP contribution in [-0.4, -0.2) is 82.1 Å². The fourth-order valence-corrected chi connectivity index (χ4v) is 12.4. The van der Waals surface area contributed by atoms with Crippen LogP contribution in [0.3, 0.4) is 0 Å². The maximum atomic E-state index is 11.9. The summed E-state index contributed by atoms with van der Waals surface area (Å²) in [5.41, 5.74) is 0.543. The Morgan fingerprint density at radius 1 is 0.712 bits per heavy atom. The van der Waals surface area contributed by atoms with E-state index in [1.165, 1.54) is 77.0 Å². The lowest BCUT2D eigenvalue weighted by Gasteiger charge is -2.62. The molecule has 0 aromatic carbocycles. The Balaban J connectivity index is 1.13. The molecule has 0 bridgehead atoms. The van der Waals surface area contributed by atoms with Crippen LogP contribution in [0.25, 0.3) is 0 Å². The van der Waals surface area contributed by atoms with Crippen LogP contribution >= 0.6 is 0 Å². The summed E-state index contributed by atoms with van der Waals surface area (Å²) in [5.74, 6) is 3.98. The number of aliphatic hydroxyl groups excluding tert-OH is 1. The molecule has 4 unspecified atom stereocenters. The van der Waals surface area contributed by atoms with Crippen LogP contribution in [0.15, 0.2) is 0 Å². The summed E-state index contributed by atoms with van der Waals surface area (Å²) in [4.78, 5) is 0. The van der Waals surface area contributed by atoms with Gasteiger partial charge in [0.25, 0.3) is 0 Å². The first-order chi connectivity index (χ1) is 24.7. The number of nitrogens with one attached hydrogen (secondary N) is 4. The third kappa shape index (κ3) is 12.3. The van der Waals surface area contributed by atoms with Crippen LogP contribution in [0, 0.1) is 58.2 Å². The molecule has 0 aliphatic heterocycles. The molecule has 4 aliphatic rings. The van der Waals surface area contributed by atoms with E-state index in [4.69, 9.17) is 4.18 Å². The molecule has 0 radical (unpaired) electrons. The SMILES string of the molecule is CC(C)CCNCCCNCCCCNCCCN[C@H]1CC[C@]2(C)C3CC[C@@]4(C)C(CC[C@@H]4[C@H](C)CC[C@@H](OS(=O)(=O)O)C(C)C)C3C(O)C[C@H]2C1. The summed E-state index contributed by atoms with van der Waals surface area (Å²) >= 11 is 0. The molecular formula is C42H82N4O5S. The molecule has 0 aromatic heterocycles. The highest BCUT2D eigenvalue weighted by Crippen LogP contribution is 2.68. The first kappa shape index (κ1) is 44.4. The van der Waals surface area contributed by atoms with Crippen molar-refractivity contribution in [2.24, 2.45) is 58.2 Å². The second-order valence-corrected chi connectivity index (χ2v) is 20.2. The van der Waals surface area contributed by atoms with Crippen molar-refractivity contribution in [1.82, 2.24) is 21.3 Å². The molecule has 9 nitrogen and oxygen atoms in total. The average molecular weight is 755 g/mol. The Morgan fingerprint density at radius 2 is 1.31 bits per heavy atom. The van der Waals surface area contributed by atoms with Crippen molar-refractivity contribution in [2.45, 2.75) is 163 Å². The van der Waals surface area contributed by atoms with Gasteiger partial charge in [-0.3, -0.25) is 4.55 Å². The minimum absolute atomic E-state index is 0.0139. The summed E-state index contributed by atoms with van der Waals surface area (Å²) in [6.07, 6.45) is 16.5. The molecule has 6 N–H and O–H groups in total. The number of hydrogen-bond donors (Lipinski definition) is 6. The van der Waals surface area contributed by atoms with Gasteiger partial charge in [-0.2, -0.15) is 8.42 Å². The van der Waals surface area contributed by atoms with Gasteiger partial charge in [0, 0.05) is 6.04 Å². The van der Waals surface area contributed by atoms with Crippen LogP contribution in [0.2, 0.25) is 0 Å². The van der Waals surface area contributed by atoms with Gasteiger partial charge in [0.15, 0.2) is 0 Å². The molecule has 10 heteroatoms. The van der Waals surface area contributed by atoms with Crippen molar-refractivity contribution >= 4 is 10.4 Å². The Morgan fingerprint density at radius 3 is 1.94 bits per heavy atom. The Hall–Kier alpha value is -0.330. The van der Waals surface area contributed by atoms with Gasteiger partial charge in [0.2, 0.25) is 0 Å². The van der Waals surface area contributed by atoms with Crippen molar-refractivity contribution in [3.63, 3.8) is 0 Å². The molecule has 0 amide bonds. The Labute approximate surface area is 320 Å². The Kier molecular flexibility index (Phi) is 17.7. The predicted octanol–water partition coefficient (Wildman–Crippen LogP) is 7.21. The Bertz CT molecular complexity index is 1140. The number of fused-ring (bicyclic) bond motifs is 5. The summed E-state index contributed by atoms with van der Waals surface area (Å²) in [6, 6.07) is 0.573. The second kappa shape index (κ2) is 20.7. The highest BCUT2D eigenvalue weighted by Gasteiger charge is 2.62. The molecule has 11 atom stereocenters. The molecule has 0 aromatic rings. The van der Waals surface area contributed by atoms with E-state index in [2.05, 4.69) is 55.9 Å². The summed E-state index contributed by atoms with van der Waals surface area (Å²) in [6.45, 7) is 23.6. The first-order valence-electron chi connectivity index (χ1n) is 21.8. The van der Waals surface area contributed by atoms with Crippen LogP contribution in [-0.2, 0) is 14.6 Å². The van der Waals surface area contributed by atoms with E-state index in [1.807, 2.05) is 13.8 Å². The zero-order valence-electron chi connectivity index (χ0n) is 34.4. The second-order valence-electron chi connectivity index (χ2n) is 19.2. The third-order valence-electron chi connectivity index (χ3n) is 14.9. The topological polar surface area (TPSA) is 132 Å². The maximum absolute atomic E-state index is 11.9. The summed E-state index contributed by atoms with van der Waals surface area (Å²) in [7, 11) is -4.46. The molecule has 4 fully saturated rings. The highest BCUT2D eigenvalue weighted by molar-refractivity contribution is 7.80. The number of aliphatic hydroxyl groups is 1. The van der Waals surface area contributed by atoms with E-state index in [1.54, 1.807) is 0 Å². The van der Waals surface area contributed by atoms with Crippen LogP contribution in [0.5, 0.6) is 0 Å². The van der Waals surface area contributed by atoms with Crippen LogP contribution in [0.4, 0.5) is 0 Å². The molecular weight excluding hydrogens is 673 g/mol. The average Bonchev–Trinajstić information content (AvgIpc) is 3.43. The first-order valence-corrected chi connectivity index (χ1v) is 23.2. The van der Waals surface area contributed by atoms with Gasteiger partial charge in [-0.1, -0.05) is 48.5 Å². The molecule has 4 saturated carbocycles. The lowest BCUT2D eigenvalue weighted by molar-refractivity contribution is -0.167. The molecule has 0 spiro atoms. The van der Waals surface area contributed by atoms with Gasteiger partial charge >= 0.3 is 10.4 Å². The van der Waals surface area contributed by atoms with E-state index >= 15 is 0 Å². The van der Waals surface area contributed by atoms with E-state index in [0.717, 1.165) is 64.6 Å². The lowest BCUT2D eigenvalue weighted by atomic mass is 9.43. The summed E-state index contributed by atoms with van der Waals surface area (Å²) < 4.78 is 37.3. The van der Waals surface area contributed by atoms with Gasteiger partial charge in [0.05, 0.1) is 12.2 Å². The van der Waals surface area contributed by atoms with Crippen LogP contribution in [0.1, 0.15) is 145 Å². The molecule has 306 valence electrons. The smallest absolute Gasteiger partial charge is 0.393 e. The molecule has 4 rings (SSSR count). The lowest BCUT2D eigenvalue weighted by Crippen LogP contribution is -2.59. The third-order valence-corrected chi connectivity index (χ3v) is 15.4. The van der Waals surface area contributed by atoms with Gasteiger partial charge in [-0.05, 0) is 200 Å². The van der Waals surface area contributed by atoms with E-state index in [0.29, 0.717) is 53.4 Å². The van der Waals surface area contributed by atoms with Crippen molar-refractivity contribution in [3.8, 4) is 0 Å². The normalized spacial score (nSPS) is 34.6. The van der Waals surface area contributed by atoms with Crippen molar-refractivity contribution in [1.29, 1.82) is 0 Å². The quantitative estimate of drug-likeness (QED) is 0.0447. The zero-order valence-corrected chi connectivity index (χ0v) is 35.3. The fraction of sp³-hybridized carbons (Fsp3) is 1.00. The van der Waals surface area contributed by atoms with Crippen LogP contribution < -0.4 is 21.3 Å². The minimum Gasteiger partial charge on any atom is -0.393 e. The molecule has 0 saturated heterocycles. The summed E-state index contributed by atoms with van der Waals surface area (Å²) in [5, 5.41) is 26.6. The van der Waals surface area contributed by atoms with E-state index in [-0.39, 0.29) is 17.4 Å². The van der Waals surface area contributed by atoms with Gasteiger partial charge in [-0.25, -0.2) is 4.18 Å². The van der Waals surface area contributed by atoms with Crippen molar-refractivity contribution in [2.75, 3.05) is 45.8 Å². The largest absolute Gasteiger partial charge is 0.397 e. The van der Waals surface area contributed by atoms with Gasteiger partial charge < -0.3 is 26.4 Å². The van der Waals surface area contributed by atoms with Gasteiger partial charge in [-0.15, -0.1) is 0 Å². The molecule has 0 heterocycles. The molecule has 52 heavy (non-hydrogen) atoms. The van der Waals surface area contributed by atoms with Gasteiger partial charge in [0.1, 0.15) is 0 Å². The maximum Gasteiger partial charge on any atom is 0.397 e.